The highest BCUT2D eigenvalue weighted by Gasteiger charge is 2.27. The Morgan fingerprint density at radius 2 is 1.86 bits per heavy atom. The van der Waals surface area contributed by atoms with E-state index in [1.807, 2.05) is 20.8 Å². The minimum absolute atomic E-state index is 0.113. The fourth-order valence-corrected chi connectivity index (χ4v) is 2.10. The standard InChI is InChI=1S/C18H26N4O5S/c1-17(2,3)26-9-12(22-16(23)27-18(4,5)6)15-21-11(8-25-15)14-20-10(7-24-14)13(19)28/h7-8,12H,9H2,1-6H3,(H2,19,28)(H,22,23). The molecule has 10 heteroatoms. The van der Waals surface area contributed by atoms with Gasteiger partial charge in [-0.25, -0.2) is 14.8 Å². The number of oxazole rings is 2. The van der Waals surface area contributed by atoms with E-state index in [2.05, 4.69) is 15.3 Å². The summed E-state index contributed by atoms with van der Waals surface area (Å²) in [5, 5.41) is 2.72. The van der Waals surface area contributed by atoms with Crippen molar-refractivity contribution in [3.63, 3.8) is 0 Å². The number of nitrogens with one attached hydrogen (secondary N) is 1. The molecular weight excluding hydrogens is 384 g/mol. The number of nitrogens with two attached hydrogens (primary N) is 1. The number of amides is 1. The van der Waals surface area contributed by atoms with Gasteiger partial charge >= 0.3 is 6.09 Å². The van der Waals surface area contributed by atoms with Crippen molar-refractivity contribution in [3.8, 4) is 11.6 Å². The minimum atomic E-state index is -0.673. The van der Waals surface area contributed by atoms with Crippen molar-refractivity contribution in [2.24, 2.45) is 5.73 Å². The maximum atomic E-state index is 12.2. The van der Waals surface area contributed by atoms with Crippen molar-refractivity contribution in [1.29, 1.82) is 0 Å². The summed E-state index contributed by atoms with van der Waals surface area (Å²) in [4.78, 5) is 20.8. The highest BCUT2D eigenvalue weighted by Crippen LogP contribution is 2.23. The zero-order chi connectivity index (χ0) is 21.1. The van der Waals surface area contributed by atoms with Gasteiger partial charge in [0.05, 0.1) is 12.2 Å². The zero-order valence-electron chi connectivity index (χ0n) is 16.9. The normalized spacial score (nSPS) is 13.2. The van der Waals surface area contributed by atoms with Gasteiger partial charge in [0.2, 0.25) is 11.8 Å². The van der Waals surface area contributed by atoms with Crippen molar-refractivity contribution in [1.82, 2.24) is 15.3 Å². The van der Waals surface area contributed by atoms with Crippen molar-refractivity contribution in [2.75, 3.05) is 6.61 Å². The molecule has 1 atom stereocenters. The molecule has 154 valence electrons. The van der Waals surface area contributed by atoms with Crippen LogP contribution in [0.15, 0.2) is 21.4 Å². The number of thiocarbonyl (C=S) groups is 1. The Labute approximate surface area is 169 Å². The third-order valence-electron chi connectivity index (χ3n) is 3.17. The molecule has 0 bridgehead atoms. The summed E-state index contributed by atoms with van der Waals surface area (Å²) in [7, 11) is 0. The maximum Gasteiger partial charge on any atom is 0.408 e. The SMILES string of the molecule is CC(C)(C)OCC(NC(=O)OC(C)(C)C)c1nc(-c2nc(C(N)=S)co2)co1. The Morgan fingerprint density at radius 1 is 1.18 bits per heavy atom. The quantitative estimate of drug-likeness (QED) is 0.689. The van der Waals surface area contributed by atoms with Crippen LogP contribution in [0.2, 0.25) is 0 Å². The van der Waals surface area contributed by atoms with Gasteiger partial charge in [-0.05, 0) is 41.5 Å². The van der Waals surface area contributed by atoms with Gasteiger partial charge in [0.1, 0.15) is 34.9 Å². The second-order valence-electron chi connectivity index (χ2n) is 8.10. The fourth-order valence-electron chi connectivity index (χ4n) is 2.01. The Balaban J connectivity index is 2.20. The predicted octanol–water partition coefficient (Wildman–Crippen LogP) is 3.34. The van der Waals surface area contributed by atoms with E-state index in [4.69, 9.17) is 36.3 Å². The summed E-state index contributed by atoms with van der Waals surface area (Å²) >= 11 is 4.87. The molecule has 2 heterocycles. The summed E-state index contributed by atoms with van der Waals surface area (Å²) in [5.74, 6) is 0.422. The first-order chi connectivity index (χ1) is 12.8. The lowest BCUT2D eigenvalue weighted by atomic mass is 10.2. The molecule has 0 aliphatic carbocycles. The molecule has 2 aromatic rings. The average molecular weight is 410 g/mol. The monoisotopic (exact) mass is 410 g/mol. The lowest BCUT2D eigenvalue weighted by Gasteiger charge is -2.25. The molecular formula is C18H26N4O5S. The van der Waals surface area contributed by atoms with Crippen LogP contribution in [-0.2, 0) is 9.47 Å². The molecule has 1 unspecified atom stereocenters. The van der Waals surface area contributed by atoms with Gasteiger partial charge < -0.3 is 29.4 Å². The van der Waals surface area contributed by atoms with Gasteiger partial charge in [-0.3, -0.25) is 0 Å². The highest BCUT2D eigenvalue weighted by molar-refractivity contribution is 7.80. The second kappa shape index (κ2) is 8.27. The van der Waals surface area contributed by atoms with E-state index >= 15 is 0 Å². The number of rotatable bonds is 6. The van der Waals surface area contributed by atoms with Crippen molar-refractivity contribution in [3.05, 3.63) is 24.1 Å². The van der Waals surface area contributed by atoms with E-state index in [0.29, 0.717) is 11.4 Å². The summed E-state index contributed by atoms with van der Waals surface area (Å²) in [6, 6.07) is -0.673. The van der Waals surface area contributed by atoms with Crippen molar-refractivity contribution < 1.29 is 23.1 Å². The minimum Gasteiger partial charge on any atom is -0.446 e. The smallest absolute Gasteiger partial charge is 0.408 e. The Morgan fingerprint density at radius 3 is 2.39 bits per heavy atom. The van der Waals surface area contributed by atoms with Crippen LogP contribution in [0.3, 0.4) is 0 Å². The largest absolute Gasteiger partial charge is 0.446 e. The number of ether oxygens (including phenoxy) is 2. The maximum absolute atomic E-state index is 12.2. The number of aromatic nitrogens is 2. The van der Waals surface area contributed by atoms with Crippen molar-refractivity contribution in [2.45, 2.75) is 58.8 Å². The van der Waals surface area contributed by atoms with Gasteiger partial charge in [0, 0.05) is 0 Å². The molecule has 0 fully saturated rings. The molecule has 0 spiro atoms. The number of alkyl carbamates (subject to hydrolysis) is 1. The molecule has 9 nitrogen and oxygen atoms in total. The van der Waals surface area contributed by atoms with Gasteiger partial charge in [-0.2, -0.15) is 0 Å². The molecule has 0 saturated carbocycles. The first-order valence-electron chi connectivity index (χ1n) is 8.68. The van der Waals surface area contributed by atoms with Crippen LogP contribution in [0.4, 0.5) is 4.79 Å². The van der Waals surface area contributed by atoms with E-state index in [1.54, 1.807) is 20.8 Å². The van der Waals surface area contributed by atoms with Gasteiger partial charge in [-0.15, -0.1) is 0 Å². The first kappa shape index (κ1) is 21.8. The number of hydrogen-bond acceptors (Lipinski definition) is 8. The van der Waals surface area contributed by atoms with E-state index in [-0.39, 0.29) is 23.4 Å². The van der Waals surface area contributed by atoms with Crippen LogP contribution in [0.25, 0.3) is 11.6 Å². The fraction of sp³-hybridized carbons (Fsp3) is 0.556. The summed E-state index contributed by atoms with van der Waals surface area (Å²) < 4.78 is 21.9. The Hall–Kier alpha value is -2.46. The predicted molar refractivity (Wildman–Crippen MR) is 106 cm³/mol. The highest BCUT2D eigenvalue weighted by atomic mass is 32.1. The van der Waals surface area contributed by atoms with Crippen LogP contribution >= 0.6 is 12.2 Å². The second-order valence-corrected chi connectivity index (χ2v) is 8.54. The van der Waals surface area contributed by atoms with E-state index in [9.17, 15) is 4.79 Å². The molecule has 3 N–H and O–H groups in total. The number of hydrogen-bond donors (Lipinski definition) is 2. The van der Waals surface area contributed by atoms with Crippen LogP contribution in [-0.4, -0.2) is 38.9 Å². The molecule has 0 aliphatic rings. The molecule has 1 amide bonds. The molecule has 28 heavy (non-hydrogen) atoms. The van der Waals surface area contributed by atoms with Crippen LogP contribution in [0, 0.1) is 0 Å². The molecule has 0 aliphatic heterocycles. The summed E-state index contributed by atoms with van der Waals surface area (Å²) in [6.07, 6.45) is 2.10. The van der Waals surface area contributed by atoms with E-state index < -0.39 is 23.3 Å². The molecule has 2 rings (SSSR count). The zero-order valence-corrected chi connectivity index (χ0v) is 17.7. The first-order valence-corrected chi connectivity index (χ1v) is 9.09. The number of carbonyl (C=O) groups is 1. The van der Waals surface area contributed by atoms with Gasteiger partial charge in [0.15, 0.2) is 5.69 Å². The van der Waals surface area contributed by atoms with Crippen LogP contribution in [0.5, 0.6) is 0 Å². The third kappa shape index (κ3) is 6.61. The molecule has 2 aromatic heterocycles. The molecule has 0 radical (unpaired) electrons. The van der Waals surface area contributed by atoms with Crippen LogP contribution < -0.4 is 11.1 Å². The Kier molecular flexibility index (Phi) is 6.45. The van der Waals surface area contributed by atoms with E-state index in [0.717, 1.165) is 0 Å². The molecule has 0 aromatic carbocycles. The average Bonchev–Trinajstić information content (AvgIpc) is 3.17. The number of nitrogens with zero attached hydrogens (tertiary/aromatic N) is 2. The third-order valence-corrected chi connectivity index (χ3v) is 3.38. The number of carbonyl (C=O) groups excluding carboxylic acids is 1. The van der Waals surface area contributed by atoms with Gasteiger partial charge in [-0.1, -0.05) is 12.2 Å². The Bertz CT molecular complexity index is 832. The molecule has 0 saturated heterocycles. The van der Waals surface area contributed by atoms with E-state index in [1.165, 1.54) is 12.5 Å². The van der Waals surface area contributed by atoms with Crippen molar-refractivity contribution >= 4 is 23.3 Å². The lowest BCUT2D eigenvalue weighted by molar-refractivity contribution is -0.0207. The topological polar surface area (TPSA) is 126 Å². The van der Waals surface area contributed by atoms with Gasteiger partial charge in [0.25, 0.3) is 0 Å². The summed E-state index contributed by atoms with van der Waals surface area (Å²) in [6.45, 7) is 11.2. The van der Waals surface area contributed by atoms with Crippen LogP contribution in [0.1, 0.15) is 59.2 Å². The summed E-state index contributed by atoms with van der Waals surface area (Å²) in [5.41, 5.74) is 5.15. The lowest BCUT2D eigenvalue weighted by Crippen LogP contribution is -2.38.